The van der Waals surface area contributed by atoms with Gasteiger partial charge in [0.25, 0.3) is 0 Å². The van der Waals surface area contributed by atoms with Gasteiger partial charge in [-0.05, 0) is 91.5 Å². The van der Waals surface area contributed by atoms with E-state index in [1.807, 2.05) is 13.0 Å². The number of imidazole rings is 1. The molecule has 4 rings (SSSR count). The molecule has 1 aliphatic carbocycles. The molecule has 194 valence electrons. The van der Waals surface area contributed by atoms with Crippen LogP contribution in [-0.2, 0) is 22.1 Å². The predicted molar refractivity (Wildman–Crippen MR) is 135 cm³/mol. The summed E-state index contributed by atoms with van der Waals surface area (Å²) in [7, 11) is 1.38. The Morgan fingerprint density at radius 1 is 1.19 bits per heavy atom. The van der Waals surface area contributed by atoms with E-state index in [1.54, 1.807) is 0 Å². The molecule has 0 aliphatic heterocycles. The smallest absolute Gasteiger partial charge is 0.416 e. The highest BCUT2D eigenvalue weighted by Gasteiger charge is 2.35. The van der Waals surface area contributed by atoms with Gasteiger partial charge in [0.2, 0.25) is 5.95 Å². The molecule has 3 aromatic rings. The lowest BCUT2D eigenvalue weighted by Crippen LogP contribution is -2.29. The van der Waals surface area contributed by atoms with Gasteiger partial charge >= 0.3 is 12.1 Å². The van der Waals surface area contributed by atoms with Crippen molar-refractivity contribution >= 4 is 28.6 Å². The van der Waals surface area contributed by atoms with Gasteiger partial charge in [-0.25, -0.2) is 4.98 Å². The minimum atomic E-state index is -4.38. The molecule has 8 heteroatoms. The molecule has 0 spiro atoms. The third-order valence-electron chi connectivity index (χ3n) is 7.17. The average molecular weight is 502 g/mol. The number of benzene rings is 2. The van der Waals surface area contributed by atoms with E-state index >= 15 is 0 Å². The molecule has 2 unspecified atom stereocenters. The van der Waals surface area contributed by atoms with Crippen molar-refractivity contribution in [2.75, 3.05) is 12.4 Å². The third kappa shape index (κ3) is 5.68. The molecule has 1 fully saturated rings. The highest BCUT2D eigenvalue weighted by atomic mass is 19.4. The summed E-state index contributed by atoms with van der Waals surface area (Å²) in [6.45, 7) is 8.87. The molecule has 0 amide bonds. The fraction of sp³-hybridized carbons (Fsp3) is 0.500. The summed E-state index contributed by atoms with van der Waals surface area (Å²) in [5.74, 6) is 0.892. The number of halogens is 3. The molecule has 2 atom stereocenters. The van der Waals surface area contributed by atoms with Crippen LogP contribution < -0.4 is 5.32 Å². The normalized spacial score (nSPS) is 19.9. The van der Waals surface area contributed by atoms with Crippen molar-refractivity contribution in [3.63, 3.8) is 0 Å². The van der Waals surface area contributed by atoms with Crippen LogP contribution in [0.5, 0.6) is 0 Å². The minimum absolute atomic E-state index is 0.167. The van der Waals surface area contributed by atoms with E-state index in [2.05, 4.69) is 36.7 Å². The zero-order valence-electron chi connectivity index (χ0n) is 21.5. The molecule has 1 saturated carbocycles. The number of fused-ring (bicyclic) bond motifs is 1. The summed E-state index contributed by atoms with van der Waals surface area (Å²) < 4.78 is 46.2. The number of aryl methyl sites for hydroxylation is 2. The van der Waals surface area contributed by atoms with Gasteiger partial charge in [-0.3, -0.25) is 4.79 Å². The first-order valence-electron chi connectivity index (χ1n) is 12.4. The standard InChI is InChI=1S/C28H34F3N3O2/c1-17-12-22(16-27(3,4)15-17)34-24-13-18(2)19(6-11-25(35)36-5)14-23(24)33-26(34)32-21-9-7-20(8-10-21)28(29,30)31/h7-10,13-14,17,22H,6,11-12,15-16H2,1-5H3,(H,32,33). The number of carbonyl (C=O) groups excluding carboxylic acids is 1. The van der Waals surface area contributed by atoms with Gasteiger partial charge in [-0.15, -0.1) is 0 Å². The van der Waals surface area contributed by atoms with Crippen LogP contribution in [0.3, 0.4) is 0 Å². The molecule has 0 bridgehead atoms. The summed E-state index contributed by atoms with van der Waals surface area (Å²) in [6.07, 6.45) is -0.416. The molecular weight excluding hydrogens is 467 g/mol. The molecule has 1 N–H and O–H groups in total. The first-order valence-corrected chi connectivity index (χ1v) is 12.4. The Hall–Kier alpha value is -3.03. The van der Waals surface area contributed by atoms with Gasteiger partial charge in [0.1, 0.15) is 0 Å². The number of esters is 1. The quantitative estimate of drug-likeness (QED) is 0.353. The highest BCUT2D eigenvalue weighted by molar-refractivity contribution is 5.82. The van der Waals surface area contributed by atoms with E-state index in [0.717, 1.165) is 53.6 Å². The number of rotatable bonds is 6. The number of nitrogens with zero attached hydrogens (tertiary/aromatic N) is 2. The fourth-order valence-corrected chi connectivity index (χ4v) is 5.72. The molecule has 0 radical (unpaired) electrons. The molecule has 2 aromatic carbocycles. The van der Waals surface area contributed by atoms with Crippen molar-refractivity contribution in [1.29, 1.82) is 0 Å². The zero-order chi connectivity index (χ0) is 26.3. The van der Waals surface area contributed by atoms with E-state index in [1.165, 1.54) is 19.2 Å². The van der Waals surface area contributed by atoms with Crippen LogP contribution in [0.25, 0.3) is 11.0 Å². The van der Waals surface area contributed by atoms with Gasteiger partial charge in [0.05, 0.1) is 23.7 Å². The molecule has 5 nitrogen and oxygen atoms in total. The lowest BCUT2D eigenvalue weighted by atomic mass is 9.70. The number of nitrogens with one attached hydrogen (secondary N) is 1. The van der Waals surface area contributed by atoms with Crippen molar-refractivity contribution in [1.82, 2.24) is 9.55 Å². The van der Waals surface area contributed by atoms with Crippen LogP contribution in [0.1, 0.15) is 69.2 Å². The van der Waals surface area contributed by atoms with Gasteiger partial charge in [-0.1, -0.05) is 20.8 Å². The van der Waals surface area contributed by atoms with E-state index in [0.29, 0.717) is 24.0 Å². The minimum Gasteiger partial charge on any atom is -0.469 e. The number of carbonyl (C=O) groups is 1. The Bertz CT molecular complexity index is 1250. The Kier molecular flexibility index (Phi) is 7.08. The average Bonchev–Trinajstić information content (AvgIpc) is 3.12. The number of anilines is 2. The maximum atomic E-state index is 13.0. The maximum Gasteiger partial charge on any atom is 0.416 e. The Morgan fingerprint density at radius 3 is 2.50 bits per heavy atom. The van der Waals surface area contributed by atoms with Crippen molar-refractivity contribution in [3.05, 3.63) is 53.1 Å². The van der Waals surface area contributed by atoms with Crippen molar-refractivity contribution < 1.29 is 22.7 Å². The summed E-state index contributed by atoms with van der Waals surface area (Å²) in [4.78, 5) is 16.6. The molecule has 0 saturated heterocycles. The second-order valence-corrected chi connectivity index (χ2v) is 10.9. The van der Waals surface area contributed by atoms with Crippen LogP contribution in [0.2, 0.25) is 0 Å². The number of hydrogen-bond donors (Lipinski definition) is 1. The van der Waals surface area contributed by atoms with E-state index < -0.39 is 11.7 Å². The zero-order valence-corrected chi connectivity index (χ0v) is 21.5. The largest absolute Gasteiger partial charge is 0.469 e. The number of methoxy groups -OCH3 is 1. The molecule has 1 aromatic heterocycles. The number of ether oxygens (including phenoxy) is 1. The lowest BCUT2D eigenvalue weighted by molar-refractivity contribution is -0.140. The Balaban J connectivity index is 1.76. The summed E-state index contributed by atoms with van der Waals surface area (Å²) in [6, 6.07) is 9.36. The SMILES string of the molecule is COC(=O)CCc1cc2nc(Nc3ccc(C(F)(F)F)cc3)n(C3CC(C)CC(C)(C)C3)c2cc1C. The van der Waals surface area contributed by atoms with Crippen LogP contribution in [0, 0.1) is 18.3 Å². The van der Waals surface area contributed by atoms with Crippen molar-refractivity contribution in [2.24, 2.45) is 11.3 Å². The maximum absolute atomic E-state index is 13.0. The monoisotopic (exact) mass is 501 g/mol. The number of aromatic nitrogens is 2. The Labute approximate surface area is 210 Å². The number of alkyl halides is 3. The van der Waals surface area contributed by atoms with E-state index in [-0.39, 0.29) is 23.8 Å². The topological polar surface area (TPSA) is 56.1 Å². The van der Waals surface area contributed by atoms with Crippen LogP contribution in [0.15, 0.2) is 36.4 Å². The van der Waals surface area contributed by atoms with Gasteiger partial charge in [-0.2, -0.15) is 13.2 Å². The van der Waals surface area contributed by atoms with Crippen LogP contribution in [0.4, 0.5) is 24.8 Å². The first-order chi connectivity index (χ1) is 16.9. The van der Waals surface area contributed by atoms with Gasteiger partial charge < -0.3 is 14.6 Å². The van der Waals surface area contributed by atoms with Gasteiger partial charge in [0, 0.05) is 18.2 Å². The molecular formula is C28H34F3N3O2. The van der Waals surface area contributed by atoms with Crippen LogP contribution in [-0.4, -0.2) is 22.6 Å². The summed E-state index contributed by atoms with van der Waals surface area (Å²) in [5.41, 5.74) is 3.90. The fourth-order valence-electron chi connectivity index (χ4n) is 5.72. The van der Waals surface area contributed by atoms with Gasteiger partial charge in [0.15, 0.2) is 0 Å². The summed E-state index contributed by atoms with van der Waals surface area (Å²) in [5, 5.41) is 3.29. The van der Waals surface area contributed by atoms with E-state index in [4.69, 9.17) is 9.72 Å². The van der Waals surface area contributed by atoms with Crippen molar-refractivity contribution in [3.8, 4) is 0 Å². The lowest BCUT2D eigenvalue weighted by Gasteiger charge is -2.40. The first kappa shape index (κ1) is 26.0. The van der Waals surface area contributed by atoms with E-state index in [9.17, 15) is 18.0 Å². The second-order valence-electron chi connectivity index (χ2n) is 10.9. The highest BCUT2D eigenvalue weighted by Crippen LogP contribution is 2.46. The Morgan fingerprint density at radius 2 is 1.89 bits per heavy atom. The molecule has 36 heavy (non-hydrogen) atoms. The van der Waals surface area contributed by atoms with Crippen molar-refractivity contribution in [2.45, 2.75) is 72.0 Å². The summed E-state index contributed by atoms with van der Waals surface area (Å²) >= 11 is 0. The predicted octanol–water partition coefficient (Wildman–Crippen LogP) is 7.60. The second kappa shape index (κ2) is 9.79. The third-order valence-corrected chi connectivity index (χ3v) is 7.17. The van der Waals surface area contributed by atoms with Crippen LogP contribution >= 0.6 is 0 Å². The number of hydrogen-bond acceptors (Lipinski definition) is 4. The molecule has 1 heterocycles. The molecule has 1 aliphatic rings.